The molecule has 0 aromatic rings. The maximum Gasteiger partial charge on any atom is 0.361 e. The highest BCUT2D eigenvalue weighted by molar-refractivity contribution is 5.71. The zero-order valence-electron chi connectivity index (χ0n) is 37.4. The Bertz CT molecular complexity index is 1180. The number of rotatable bonds is 40. The molecule has 0 amide bonds. The largest absolute Gasteiger partial charge is 0.477 e. The number of allylic oxidation sites excluding steroid dienone is 12. The van der Waals surface area contributed by atoms with Crippen LogP contribution in [-0.4, -0.2) is 87.4 Å². The van der Waals surface area contributed by atoms with Gasteiger partial charge in [0.1, 0.15) is 13.2 Å². The fourth-order valence-corrected chi connectivity index (χ4v) is 5.72. The number of unbranched alkanes of at least 4 members (excludes halogenated alkanes) is 13. The normalized spacial score (nSPS) is 13.6. The second kappa shape index (κ2) is 40.5. The van der Waals surface area contributed by atoms with Crippen LogP contribution in [0.25, 0.3) is 0 Å². The van der Waals surface area contributed by atoms with Crippen LogP contribution in [-0.2, 0) is 33.3 Å². The Morgan fingerprint density at radius 3 is 1.47 bits per heavy atom. The van der Waals surface area contributed by atoms with Gasteiger partial charge in [-0.05, 0) is 64.2 Å². The highest BCUT2D eigenvalue weighted by Crippen LogP contribution is 2.13. The van der Waals surface area contributed by atoms with Gasteiger partial charge in [0, 0.05) is 12.8 Å². The lowest BCUT2D eigenvalue weighted by atomic mass is 10.1. The predicted molar refractivity (Wildman–Crippen MR) is 239 cm³/mol. The summed E-state index contributed by atoms with van der Waals surface area (Å²) < 4.78 is 22.7. The monoisotopic (exact) mass is 815 g/mol. The summed E-state index contributed by atoms with van der Waals surface area (Å²) in [5.74, 6) is -2.05. The van der Waals surface area contributed by atoms with Crippen LogP contribution in [0.3, 0.4) is 0 Å². The molecule has 0 saturated carbocycles. The summed E-state index contributed by atoms with van der Waals surface area (Å²) in [7, 11) is 5.93. The van der Waals surface area contributed by atoms with Gasteiger partial charge in [-0.2, -0.15) is 0 Å². The first-order valence-electron chi connectivity index (χ1n) is 22.6. The molecule has 0 aliphatic carbocycles. The van der Waals surface area contributed by atoms with Gasteiger partial charge in [0.15, 0.2) is 6.10 Å². The van der Waals surface area contributed by atoms with E-state index < -0.39 is 24.3 Å². The van der Waals surface area contributed by atoms with E-state index in [0.29, 0.717) is 23.9 Å². The first-order chi connectivity index (χ1) is 28.1. The smallest absolute Gasteiger partial charge is 0.361 e. The molecule has 0 radical (unpaired) electrons. The van der Waals surface area contributed by atoms with Crippen LogP contribution in [0.1, 0.15) is 162 Å². The van der Waals surface area contributed by atoms with E-state index >= 15 is 0 Å². The zero-order valence-corrected chi connectivity index (χ0v) is 37.4. The SMILES string of the molecule is CC/C=C\C/C=C\C/C=C\C/C=C\C/C=C\C/C=C\CCCCCCC(=O)OC(COC(=O)CCCCCCCCCCCC)COC(OCC[N+](C)(C)C)C(=O)O. The van der Waals surface area contributed by atoms with Crippen molar-refractivity contribution in [2.24, 2.45) is 0 Å². The lowest BCUT2D eigenvalue weighted by Crippen LogP contribution is -2.40. The summed E-state index contributed by atoms with van der Waals surface area (Å²) in [6.45, 7) is 4.69. The molecule has 2 unspecified atom stereocenters. The number of ether oxygens (including phenoxy) is 4. The maximum atomic E-state index is 12.8. The van der Waals surface area contributed by atoms with Crippen LogP contribution >= 0.6 is 0 Å². The number of quaternary nitrogens is 1. The molecule has 0 spiro atoms. The van der Waals surface area contributed by atoms with E-state index in [9.17, 15) is 19.5 Å². The molecule has 0 aliphatic rings. The summed E-state index contributed by atoms with van der Waals surface area (Å²) in [5, 5.41) is 9.62. The summed E-state index contributed by atoms with van der Waals surface area (Å²) in [5.41, 5.74) is 0. The van der Waals surface area contributed by atoms with Crippen LogP contribution in [0.4, 0.5) is 0 Å². The van der Waals surface area contributed by atoms with Gasteiger partial charge < -0.3 is 28.5 Å². The predicted octanol–water partition coefficient (Wildman–Crippen LogP) is 11.9. The van der Waals surface area contributed by atoms with Crippen molar-refractivity contribution in [2.45, 2.75) is 174 Å². The van der Waals surface area contributed by atoms with E-state index in [1.807, 2.05) is 21.1 Å². The Labute approximate surface area is 354 Å². The number of carboxylic acids is 1. The minimum atomic E-state index is -1.52. The molecule has 332 valence electrons. The number of carbonyl (C=O) groups is 3. The highest BCUT2D eigenvalue weighted by atomic mass is 16.7. The molecule has 0 aromatic carbocycles. The lowest BCUT2D eigenvalue weighted by Gasteiger charge is -2.25. The molecular formula is C49H84NO8+. The fourth-order valence-electron chi connectivity index (χ4n) is 5.72. The van der Waals surface area contributed by atoms with Crippen molar-refractivity contribution in [3.05, 3.63) is 72.9 Å². The van der Waals surface area contributed by atoms with Crippen LogP contribution in [0.15, 0.2) is 72.9 Å². The first kappa shape index (κ1) is 54.7. The van der Waals surface area contributed by atoms with Gasteiger partial charge in [0.05, 0.1) is 34.4 Å². The molecule has 9 heteroatoms. The Morgan fingerprint density at radius 2 is 0.983 bits per heavy atom. The van der Waals surface area contributed by atoms with E-state index in [1.165, 1.54) is 44.9 Å². The molecule has 9 nitrogen and oxygen atoms in total. The number of esters is 2. The van der Waals surface area contributed by atoms with E-state index in [2.05, 4.69) is 86.8 Å². The van der Waals surface area contributed by atoms with Crippen molar-refractivity contribution in [1.29, 1.82) is 0 Å². The van der Waals surface area contributed by atoms with Crippen molar-refractivity contribution in [2.75, 3.05) is 47.5 Å². The molecule has 0 rings (SSSR count). The van der Waals surface area contributed by atoms with E-state index in [-0.39, 0.29) is 32.2 Å². The van der Waals surface area contributed by atoms with Crippen molar-refractivity contribution < 1.29 is 42.9 Å². The molecule has 0 heterocycles. The molecule has 2 atom stereocenters. The fraction of sp³-hybridized carbons (Fsp3) is 0.694. The van der Waals surface area contributed by atoms with E-state index in [4.69, 9.17) is 18.9 Å². The molecule has 1 N–H and O–H groups in total. The minimum absolute atomic E-state index is 0.179. The third-order valence-corrected chi connectivity index (χ3v) is 9.23. The van der Waals surface area contributed by atoms with Gasteiger partial charge in [-0.25, -0.2) is 4.79 Å². The Hall–Kier alpha value is -3.27. The first-order valence-corrected chi connectivity index (χ1v) is 22.6. The summed E-state index contributed by atoms with van der Waals surface area (Å²) in [6, 6.07) is 0. The molecule has 0 saturated heterocycles. The van der Waals surface area contributed by atoms with Crippen LogP contribution in [0.2, 0.25) is 0 Å². The zero-order chi connectivity index (χ0) is 42.8. The van der Waals surface area contributed by atoms with Crippen molar-refractivity contribution >= 4 is 17.9 Å². The van der Waals surface area contributed by atoms with Gasteiger partial charge >= 0.3 is 17.9 Å². The van der Waals surface area contributed by atoms with Gasteiger partial charge in [-0.3, -0.25) is 9.59 Å². The molecule has 58 heavy (non-hydrogen) atoms. The second-order valence-corrected chi connectivity index (χ2v) is 16.0. The number of nitrogens with zero attached hydrogens (tertiary/aromatic N) is 1. The van der Waals surface area contributed by atoms with E-state index in [0.717, 1.165) is 83.5 Å². The number of aliphatic carboxylic acids is 1. The molecule has 0 bridgehead atoms. The van der Waals surface area contributed by atoms with Crippen molar-refractivity contribution in [1.82, 2.24) is 0 Å². The number of carboxylic acid groups (broad SMARTS) is 1. The summed E-state index contributed by atoms with van der Waals surface area (Å²) >= 11 is 0. The van der Waals surface area contributed by atoms with Gasteiger partial charge in [0.2, 0.25) is 0 Å². The van der Waals surface area contributed by atoms with Crippen LogP contribution < -0.4 is 0 Å². The molecule has 0 aliphatic heterocycles. The maximum absolute atomic E-state index is 12.8. The molecular weight excluding hydrogens is 731 g/mol. The van der Waals surface area contributed by atoms with Gasteiger partial charge in [0.25, 0.3) is 6.29 Å². The standard InChI is InChI=1S/C49H83NO8/c1-6-8-10-12-14-16-18-19-20-21-22-23-24-25-26-27-28-29-30-32-34-36-38-40-47(52)58-45(44-57-49(48(53)54)55-42-41-50(3,4)5)43-56-46(51)39-37-35-33-31-17-15-13-11-9-7-2/h8,10,14,16,19-20,22-23,25-26,28-29,45,49H,6-7,9,11-13,15,17-18,21,24,27,30-44H2,1-5H3/p+1/b10-8-,16-14-,20-19-,23-22-,26-25-,29-28-. The lowest BCUT2D eigenvalue weighted by molar-refractivity contribution is -0.870. The summed E-state index contributed by atoms with van der Waals surface area (Å²) in [4.78, 5) is 37.0. The number of hydrogen-bond donors (Lipinski definition) is 1. The van der Waals surface area contributed by atoms with Crippen LogP contribution in [0.5, 0.6) is 0 Å². The highest BCUT2D eigenvalue weighted by Gasteiger charge is 2.25. The van der Waals surface area contributed by atoms with Crippen molar-refractivity contribution in [3.63, 3.8) is 0 Å². The second-order valence-electron chi connectivity index (χ2n) is 16.0. The Kier molecular flexibility index (Phi) is 38.2. The third kappa shape index (κ3) is 40.9. The number of hydrogen-bond acceptors (Lipinski definition) is 7. The van der Waals surface area contributed by atoms with Crippen LogP contribution in [0, 0.1) is 0 Å². The molecule has 0 fully saturated rings. The average Bonchev–Trinajstić information content (AvgIpc) is 3.18. The minimum Gasteiger partial charge on any atom is -0.477 e. The number of carbonyl (C=O) groups excluding carboxylic acids is 2. The Morgan fingerprint density at radius 1 is 0.534 bits per heavy atom. The average molecular weight is 815 g/mol. The van der Waals surface area contributed by atoms with E-state index in [1.54, 1.807) is 0 Å². The quantitative estimate of drug-likeness (QED) is 0.0214. The summed E-state index contributed by atoms with van der Waals surface area (Å²) in [6.07, 6.45) is 46.8. The molecule has 0 aromatic heterocycles. The van der Waals surface area contributed by atoms with Crippen molar-refractivity contribution in [3.8, 4) is 0 Å². The Balaban J connectivity index is 4.45. The van der Waals surface area contributed by atoms with Gasteiger partial charge in [-0.15, -0.1) is 0 Å². The number of likely N-dealkylation sites (N-methyl/N-ethyl adjacent to an activating group) is 1. The third-order valence-electron chi connectivity index (χ3n) is 9.23. The topological polar surface area (TPSA) is 108 Å². The van der Waals surface area contributed by atoms with Gasteiger partial charge in [-0.1, -0.05) is 157 Å².